The third-order valence-electron chi connectivity index (χ3n) is 9.63. The number of aromatic nitrogens is 2. The van der Waals surface area contributed by atoms with Gasteiger partial charge in [0.15, 0.2) is 0 Å². The number of furan rings is 1. The maximum absolute atomic E-state index is 6.12. The topological polar surface area (TPSA) is 38.9 Å². The van der Waals surface area contributed by atoms with Gasteiger partial charge in [-0.25, -0.2) is 9.97 Å². The fourth-order valence-electron chi connectivity index (χ4n) is 7.34. The number of benzene rings is 7. The molecule has 0 saturated heterocycles. The Morgan fingerprint density at radius 1 is 0.417 bits per heavy atom. The predicted molar refractivity (Wildman–Crippen MR) is 202 cm³/mol. The van der Waals surface area contributed by atoms with Crippen LogP contribution in [0, 0.1) is 13.8 Å². The maximum atomic E-state index is 6.12. The summed E-state index contributed by atoms with van der Waals surface area (Å²) >= 11 is 0. The normalized spacial score (nSPS) is 11.5. The van der Waals surface area contributed by atoms with Gasteiger partial charge in [-0.15, -0.1) is 0 Å². The van der Waals surface area contributed by atoms with Crippen LogP contribution in [0.5, 0.6) is 0 Å². The molecule has 0 spiro atoms. The zero-order chi connectivity index (χ0) is 32.2. The molecule has 0 fully saturated rings. The van der Waals surface area contributed by atoms with E-state index in [2.05, 4.69) is 141 Å². The molecule has 226 valence electrons. The van der Waals surface area contributed by atoms with Crippen molar-refractivity contribution in [2.45, 2.75) is 13.8 Å². The second-order valence-electron chi connectivity index (χ2n) is 12.7. The zero-order valence-electron chi connectivity index (χ0n) is 26.8. The minimum atomic E-state index is 0.182. The molecule has 9 aromatic rings. The van der Waals surface area contributed by atoms with Crippen molar-refractivity contribution in [2.75, 3.05) is 0 Å². The van der Waals surface area contributed by atoms with Crippen molar-refractivity contribution >= 4 is 67.1 Å². The van der Waals surface area contributed by atoms with Gasteiger partial charge in [-0.05, 0) is 60.4 Å². The van der Waals surface area contributed by atoms with Crippen LogP contribution in [0.25, 0.3) is 66.3 Å². The van der Waals surface area contributed by atoms with E-state index in [0.29, 0.717) is 0 Å². The van der Waals surface area contributed by atoms with Crippen molar-refractivity contribution in [3.8, 4) is 22.3 Å². The van der Waals surface area contributed by atoms with Crippen LogP contribution in [-0.4, -0.2) is 16.7 Å². The Balaban J connectivity index is 1.05. The Labute approximate surface area is 279 Å². The average Bonchev–Trinajstić information content (AvgIpc) is 3.49. The number of para-hydroxylation sites is 1. The van der Waals surface area contributed by atoms with Gasteiger partial charge >= 0.3 is 0 Å². The minimum absolute atomic E-state index is 0.182. The molecule has 3 nitrogen and oxygen atoms in total. The highest BCUT2D eigenvalue weighted by molar-refractivity contribution is 6.96. The molecule has 2 aromatic heterocycles. The van der Waals surface area contributed by atoms with Crippen LogP contribution in [-0.2, 0) is 0 Å². The van der Waals surface area contributed by atoms with Crippen molar-refractivity contribution < 1.29 is 4.42 Å². The molecule has 0 saturated carbocycles. The summed E-state index contributed by atoms with van der Waals surface area (Å²) in [7, 11) is 0. The molecule has 0 aliphatic heterocycles. The summed E-state index contributed by atoms with van der Waals surface area (Å²) in [6, 6.07) is 53.8. The first-order valence-electron chi connectivity index (χ1n) is 16.4. The number of fused-ring (bicyclic) bond motifs is 5. The number of nitrogens with zero attached hydrogens (tertiary/aromatic N) is 2. The van der Waals surface area contributed by atoms with Crippen LogP contribution in [0.3, 0.4) is 0 Å². The third kappa shape index (κ3) is 4.85. The number of hydrogen-bond acceptors (Lipinski definition) is 3. The Morgan fingerprint density at radius 3 is 1.65 bits per heavy atom. The van der Waals surface area contributed by atoms with Gasteiger partial charge in [0.05, 0.1) is 22.1 Å². The Bertz CT molecular complexity index is 2560. The monoisotopic (exact) mass is 614 g/mol. The molecule has 0 aliphatic rings. The average molecular weight is 615 g/mol. The van der Waals surface area contributed by atoms with E-state index in [1.54, 1.807) is 0 Å². The van der Waals surface area contributed by atoms with E-state index in [1.165, 1.54) is 38.6 Å². The van der Waals surface area contributed by atoms with Crippen LogP contribution in [0.1, 0.15) is 11.1 Å². The molecule has 0 aliphatic carbocycles. The van der Waals surface area contributed by atoms with Crippen LogP contribution in [0.2, 0.25) is 0 Å². The van der Waals surface area contributed by atoms with E-state index in [-0.39, 0.29) is 6.71 Å². The van der Waals surface area contributed by atoms with Crippen molar-refractivity contribution in [2.24, 2.45) is 0 Å². The summed E-state index contributed by atoms with van der Waals surface area (Å²) in [6.07, 6.45) is 0. The second kappa shape index (κ2) is 11.4. The highest BCUT2D eigenvalue weighted by atomic mass is 16.3. The van der Waals surface area contributed by atoms with E-state index < -0.39 is 0 Å². The number of rotatable bonds is 5. The van der Waals surface area contributed by atoms with Crippen LogP contribution in [0.15, 0.2) is 156 Å². The Kier molecular flexibility index (Phi) is 6.68. The van der Waals surface area contributed by atoms with Gasteiger partial charge in [0.1, 0.15) is 11.2 Å². The molecule has 7 aromatic carbocycles. The molecular formula is C44H31BN2O. The van der Waals surface area contributed by atoms with Crippen LogP contribution >= 0.6 is 0 Å². The summed E-state index contributed by atoms with van der Waals surface area (Å²) in [5.74, 6) is 0. The molecule has 4 heteroatoms. The molecule has 0 atom stereocenters. The van der Waals surface area contributed by atoms with Gasteiger partial charge in [0.25, 0.3) is 0 Å². The summed E-state index contributed by atoms with van der Waals surface area (Å²) in [6.45, 7) is 4.68. The fourth-order valence-corrected chi connectivity index (χ4v) is 7.34. The number of aryl methyl sites for hydroxylation is 2. The molecule has 2 heterocycles. The second-order valence-corrected chi connectivity index (χ2v) is 12.7. The highest BCUT2D eigenvalue weighted by Gasteiger charge is 2.25. The van der Waals surface area contributed by atoms with E-state index in [1.807, 2.05) is 24.3 Å². The molecule has 0 radical (unpaired) electrons. The third-order valence-corrected chi connectivity index (χ3v) is 9.63. The van der Waals surface area contributed by atoms with Crippen LogP contribution < -0.4 is 16.4 Å². The summed E-state index contributed by atoms with van der Waals surface area (Å²) in [5, 5.41) is 2.16. The van der Waals surface area contributed by atoms with Gasteiger partial charge in [0.2, 0.25) is 6.71 Å². The molecular weight excluding hydrogens is 583 g/mol. The lowest BCUT2D eigenvalue weighted by molar-refractivity contribution is 0.669. The van der Waals surface area contributed by atoms with Gasteiger partial charge < -0.3 is 4.42 Å². The van der Waals surface area contributed by atoms with Crippen molar-refractivity contribution in [1.29, 1.82) is 0 Å². The molecule has 0 bridgehead atoms. The first kappa shape index (κ1) is 28.2. The van der Waals surface area contributed by atoms with E-state index in [4.69, 9.17) is 14.4 Å². The summed E-state index contributed by atoms with van der Waals surface area (Å²) < 4.78 is 6.12. The van der Waals surface area contributed by atoms with Crippen molar-refractivity contribution in [3.63, 3.8) is 0 Å². The minimum Gasteiger partial charge on any atom is -0.456 e. The van der Waals surface area contributed by atoms with E-state index in [9.17, 15) is 0 Å². The van der Waals surface area contributed by atoms with Gasteiger partial charge in [0, 0.05) is 16.8 Å². The first-order chi connectivity index (χ1) is 23.6. The lowest BCUT2D eigenvalue weighted by Crippen LogP contribution is -2.53. The predicted octanol–water partition coefficient (Wildman–Crippen LogP) is 9.15. The van der Waals surface area contributed by atoms with Gasteiger partial charge in [-0.2, -0.15) is 0 Å². The standard InChI is InChI=1S/C44H31BN2O/c1-28-23-33(24-29(2)44(28)45(34-11-5-3-6-12-34)35-13-7-4-8-14-35)31-19-17-30(18-20-31)32-21-22-38-39(25-32)47-41-27-43-37(26-40(41)46-38)36-15-9-10-16-42(36)48-43/h3-27H,1-2H3. The SMILES string of the molecule is Cc1cc(-c2ccc(-c3ccc4nc5cc6c(cc5nc4c3)oc3ccccc36)cc2)cc(C)c1B(c1ccccc1)c1ccccc1. The Morgan fingerprint density at radius 2 is 0.958 bits per heavy atom. The van der Waals surface area contributed by atoms with Crippen LogP contribution in [0.4, 0.5) is 0 Å². The molecule has 9 rings (SSSR count). The quantitative estimate of drug-likeness (QED) is 0.143. The van der Waals surface area contributed by atoms with E-state index >= 15 is 0 Å². The number of hydrogen-bond donors (Lipinski definition) is 0. The maximum Gasteiger partial charge on any atom is 0.241 e. The Hall–Kier alpha value is -6.00. The summed E-state index contributed by atoms with van der Waals surface area (Å²) in [4.78, 5) is 9.99. The lowest BCUT2D eigenvalue weighted by atomic mass is 9.35. The van der Waals surface area contributed by atoms with Gasteiger partial charge in [-0.3, -0.25) is 0 Å². The van der Waals surface area contributed by atoms with E-state index in [0.717, 1.165) is 55.1 Å². The largest absolute Gasteiger partial charge is 0.456 e. The smallest absolute Gasteiger partial charge is 0.241 e. The molecule has 48 heavy (non-hydrogen) atoms. The zero-order valence-corrected chi connectivity index (χ0v) is 26.8. The molecule has 0 unspecified atom stereocenters. The first-order valence-corrected chi connectivity index (χ1v) is 16.4. The molecule has 0 amide bonds. The summed E-state index contributed by atoms with van der Waals surface area (Å²) in [5.41, 5.74) is 16.4. The highest BCUT2D eigenvalue weighted by Crippen LogP contribution is 2.33. The van der Waals surface area contributed by atoms with Crippen molar-refractivity contribution in [1.82, 2.24) is 9.97 Å². The molecule has 0 N–H and O–H groups in total. The van der Waals surface area contributed by atoms with Gasteiger partial charge in [-0.1, -0.05) is 149 Å². The van der Waals surface area contributed by atoms with Crippen molar-refractivity contribution in [3.05, 3.63) is 163 Å². The lowest BCUT2D eigenvalue weighted by Gasteiger charge is -2.21. The fraction of sp³-hybridized carbons (Fsp3) is 0.0455.